The van der Waals surface area contributed by atoms with E-state index >= 15 is 0 Å². The van der Waals surface area contributed by atoms with Gasteiger partial charge >= 0.3 is 17.7 Å². The number of hydrogen-bond acceptors (Lipinski definition) is 7. The molecule has 0 saturated carbocycles. The number of hydrogen-bond donors (Lipinski definition) is 3. The molecule has 0 aliphatic rings. The zero-order valence-electron chi connectivity index (χ0n) is 15.3. The first kappa shape index (κ1) is 21.0. The highest BCUT2D eigenvalue weighted by Gasteiger charge is 2.33. The Morgan fingerprint density at radius 2 is 2.00 bits per heavy atom. The van der Waals surface area contributed by atoms with Crippen LogP contribution < -0.4 is 21.3 Å². The van der Waals surface area contributed by atoms with Crippen LogP contribution in [0.15, 0.2) is 21.9 Å². The molecule has 0 unspecified atom stereocenters. The molecule has 0 saturated heterocycles. The summed E-state index contributed by atoms with van der Waals surface area (Å²) in [7, 11) is 0. The van der Waals surface area contributed by atoms with Gasteiger partial charge in [-0.3, -0.25) is 9.78 Å². The topological polar surface area (TPSA) is 139 Å². The maximum Gasteiger partial charge on any atom is 0.407 e. The van der Waals surface area contributed by atoms with Gasteiger partial charge in [0, 0.05) is 18.3 Å². The molecule has 0 fully saturated rings. The van der Waals surface area contributed by atoms with Crippen LogP contribution >= 0.6 is 0 Å². The number of aromatic amines is 2. The van der Waals surface area contributed by atoms with Crippen LogP contribution in [0.5, 0.6) is 5.88 Å². The lowest BCUT2D eigenvalue weighted by Gasteiger charge is -2.18. The van der Waals surface area contributed by atoms with Crippen LogP contribution in [0.4, 0.5) is 13.6 Å². The number of amides is 1. The van der Waals surface area contributed by atoms with E-state index in [0.717, 1.165) is 6.20 Å². The lowest BCUT2D eigenvalue weighted by atomic mass is 10.2. The Hall–Kier alpha value is -3.31. The van der Waals surface area contributed by atoms with Gasteiger partial charge in [-0.05, 0) is 20.8 Å². The molecule has 0 bridgehead atoms. The lowest BCUT2D eigenvalue weighted by Crippen LogP contribution is -2.37. The normalized spacial score (nSPS) is 11.4. The Balaban J connectivity index is 2.08. The van der Waals surface area contributed by atoms with E-state index < -0.39 is 36.5 Å². The van der Waals surface area contributed by atoms with Crippen molar-refractivity contribution in [3.8, 4) is 17.1 Å². The Kier molecular flexibility index (Phi) is 6.44. The van der Waals surface area contributed by atoms with Crippen molar-refractivity contribution < 1.29 is 23.0 Å². The highest BCUT2D eigenvalue weighted by molar-refractivity contribution is 5.67. The maximum atomic E-state index is 13.9. The first-order valence-electron chi connectivity index (χ1n) is 8.18. The molecule has 3 N–H and O–H groups in total. The minimum Gasteiger partial charge on any atom is -0.471 e. The molecule has 0 atom stereocenters. The number of H-pyrrole nitrogens is 2. The zero-order valence-corrected chi connectivity index (χ0v) is 15.3. The summed E-state index contributed by atoms with van der Waals surface area (Å²) >= 11 is 0. The van der Waals surface area contributed by atoms with Crippen molar-refractivity contribution in [3.05, 3.63) is 38.9 Å². The van der Waals surface area contributed by atoms with Crippen molar-refractivity contribution in [3.63, 3.8) is 0 Å². The maximum absolute atomic E-state index is 13.9. The Labute approximate surface area is 157 Å². The molecule has 2 rings (SSSR count). The molecule has 0 aliphatic heterocycles. The second-order valence-electron chi connectivity index (χ2n) is 6.14. The number of nitrogens with one attached hydrogen (secondary N) is 3. The summed E-state index contributed by atoms with van der Waals surface area (Å²) in [6.07, 6.45) is 0.176. The minimum absolute atomic E-state index is 0.00963. The lowest BCUT2D eigenvalue weighted by molar-refractivity contribution is -0.0839. The third-order valence-corrected chi connectivity index (χ3v) is 3.16. The molecular weight excluding hydrogens is 380 g/mol. The summed E-state index contributed by atoms with van der Waals surface area (Å²) in [6.45, 7) is 2.51. The monoisotopic (exact) mass is 399 g/mol. The Bertz CT molecular complexity index is 957. The molecule has 28 heavy (non-hydrogen) atoms. The number of carbonyl (C=O) groups excluding carboxylic acids is 1. The second kappa shape index (κ2) is 8.59. The van der Waals surface area contributed by atoms with Crippen molar-refractivity contribution in [2.45, 2.75) is 32.7 Å². The van der Waals surface area contributed by atoms with Crippen molar-refractivity contribution in [2.24, 2.45) is 0 Å². The SMILES string of the molecule is Cc1nc(OCC(F)(F)COC(=O)NC(C)C)cc(-c2c[nH]c(=O)[nH]c2=O)n1. The Morgan fingerprint density at radius 3 is 2.64 bits per heavy atom. The summed E-state index contributed by atoms with van der Waals surface area (Å²) in [6, 6.07) is 0.925. The number of halogens is 2. The van der Waals surface area contributed by atoms with Gasteiger partial charge in [-0.15, -0.1) is 0 Å². The quantitative estimate of drug-likeness (QED) is 0.630. The zero-order chi connectivity index (χ0) is 20.9. The molecule has 1 amide bonds. The van der Waals surface area contributed by atoms with E-state index in [1.165, 1.54) is 13.0 Å². The fraction of sp³-hybridized carbons (Fsp3) is 0.438. The average Bonchev–Trinajstić information content (AvgIpc) is 2.57. The third-order valence-electron chi connectivity index (χ3n) is 3.16. The van der Waals surface area contributed by atoms with Crippen LogP contribution in [-0.2, 0) is 4.74 Å². The molecule has 12 heteroatoms. The van der Waals surface area contributed by atoms with Gasteiger partial charge in [-0.2, -0.15) is 13.8 Å². The van der Waals surface area contributed by atoms with Crippen LogP contribution in [0.25, 0.3) is 11.3 Å². The number of rotatable bonds is 7. The van der Waals surface area contributed by atoms with Crippen molar-refractivity contribution >= 4 is 6.09 Å². The summed E-state index contributed by atoms with van der Waals surface area (Å²) < 4.78 is 37.2. The number of alkyl halides is 2. The van der Waals surface area contributed by atoms with Gasteiger partial charge in [0.2, 0.25) is 5.88 Å². The molecular formula is C16H19F2N5O5. The summed E-state index contributed by atoms with van der Waals surface area (Å²) in [5, 5.41) is 2.32. The summed E-state index contributed by atoms with van der Waals surface area (Å²) in [5.74, 6) is -3.52. The van der Waals surface area contributed by atoms with E-state index in [1.54, 1.807) is 13.8 Å². The molecule has 0 aromatic carbocycles. The van der Waals surface area contributed by atoms with E-state index in [2.05, 4.69) is 25.0 Å². The minimum atomic E-state index is -3.47. The fourth-order valence-electron chi connectivity index (χ4n) is 2.02. The summed E-state index contributed by atoms with van der Waals surface area (Å²) in [4.78, 5) is 46.5. The van der Waals surface area contributed by atoms with E-state index in [0.29, 0.717) is 0 Å². The molecule has 2 aromatic heterocycles. The molecule has 2 aromatic rings. The molecule has 0 spiro atoms. The van der Waals surface area contributed by atoms with Gasteiger partial charge in [0.15, 0.2) is 13.2 Å². The Morgan fingerprint density at radius 1 is 1.29 bits per heavy atom. The van der Waals surface area contributed by atoms with Crippen molar-refractivity contribution in [1.82, 2.24) is 25.3 Å². The van der Waals surface area contributed by atoms with Gasteiger partial charge in [-0.1, -0.05) is 0 Å². The molecule has 2 heterocycles. The van der Waals surface area contributed by atoms with Gasteiger partial charge in [0.05, 0.1) is 11.3 Å². The largest absolute Gasteiger partial charge is 0.471 e. The fourth-order valence-corrected chi connectivity index (χ4v) is 2.02. The van der Waals surface area contributed by atoms with Crippen LogP contribution in [0.1, 0.15) is 19.7 Å². The van der Waals surface area contributed by atoms with Crippen molar-refractivity contribution in [1.29, 1.82) is 0 Å². The smallest absolute Gasteiger partial charge is 0.407 e. The predicted molar refractivity (Wildman–Crippen MR) is 93.5 cm³/mol. The number of carbonyl (C=O) groups is 1. The summed E-state index contributed by atoms with van der Waals surface area (Å²) in [5.41, 5.74) is -1.31. The predicted octanol–water partition coefficient (Wildman–Crippen LogP) is 0.977. The highest BCUT2D eigenvalue weighted by atomic mass is 19.3. The van der Waals surface area contributed by atoms with Gasteiger partial charge < -0.3 is 19.8 Å². The number of aromatic nitrogens is 4. The van der Waals surface area contributed by atoms with E-state index in [4.69, 9.17) is 4.74 Å². The number of alkyl carbamates (subject to hydrolysis) is 1. The van der Waals surface area contributed by atoms with Crippen LogP contribution in [0, 0.1) is 6.92 Å². The molecule has 10 nitrogen and oxygen atoms in total. The van der Waals surface area contributed by atoms with Crippen molar-refractivity contribution in [2.75, 3.05) is 13.2 Å². The molecule has 0 aliphatic carbocycles. The van der Waals surface area contributed by atoms with Gasteiger partial charge in [-0.25, -0.2) is 14.6 Å². The van der Waals surface area contributed by atoms with Gasteiger partial charge in [0.1, 0.15) is 5.82 Å². The van der Waals surface area contributed by atoms with E-state index in [1.807, 2.05) is 4.98 Å². The average molecular weight is 399 g/mol. The first-order valence-corrected chi connectivity index (χ1v) is 8.18. The number of ether oxygens (including phenoxy) is 2. The second-order valence-corrected chi connectivity index (χ2v) is 6.14. The first-order chi connectivity index (χ1) is 13.1. The van der Waals surface area contributed by atoms with E-state index in [-0.39, 0.29) is 29.0 Å². The van der Waals surface area contributed by atoms with Crippen LogP contribution in [0.2, 0.25) is 0 Å². The highest BCUT2D eigenvalue weighted by Crippen LogP contribution is 2.20. The standard InChI is InChI=1S/C16H19F2N5O5/c1-8(2)20-15(26)28-7-16(17,18)6-27-12-4-11(21-9(3)22-12)10-5-19-14(25)23-13(10)24/h4-5,8H,6-7H2,1-3H3,(H,20,26)(H2,19,23,24,25). The molecule has 152 valence electrons. The number of aryl methyl sites for hydroxylation is 1. The third kappa shape index (κ3) is 6.14. The van der Waals surface area contributed by atoms with E-state index in [9.17, 15) is 23.2 Å². The number of nitrogens with zero attached hydrogens (tertiary/aromatic N) is 2. The van der Waals surface area contributed by atoms with Crippen LogP contribution in [-0.4, -0.2) is 51.2 Å². The van der Waals surface area contributed by atoms with Gasteiger partial charge in [0.25, 0.3) is 5.56 Å². The van der Waals surface area contributed by atoms with Crippen LogP contribution in [0.3, 0.4) is 0 Å². The molecule has 0 radical (unpaired) electrons.